The van der Waals surface area contributed by atoms with E-state index in [9.17, 15) is 10.1 Å². The summed E-state index contributed by atoms with van der Waals surface area (Å²) in [5, 5.41) is 13.2. The molecule has 4 aliphatic rings. The number of esters is 1. The van der Waals surface area contributed by atoms with Crippen molar-refractivity contribution >= 4 is 5.97 Å². The van der Waals surface area contributed by atoms with E-state index in [4.69, 9.17) is 9.47 Å². The van der Waals surface area contributed by atoms with Gasteiger partial charge in [0.05, 0.1) is 24.3 Å². The number of carbonyl (C=O) groups is 1. The van der Waals surface area contributed by atoms with Crippen molar-refractivity contribution in [3.05, 3.63) is 34.9 Å². The standard InChI is InChI=1S/C34H50N2O3/c1-5-39-21-24-7-9-27-25(19-24)8-11-30-29(27)14-16-34(3)31(12-13-32(30)34)22(2)36-17-15-26-18-23(20-35)6-10-28(26)33(37)38-4/h6,10,18,22,24-25,27,29-32,36H,5,7-9,11-17,19,21H2,1-4H3/t22-,24+,25-,27?,29-,30-,31?,32+,34-/m1/s1. The van der Waals surface area contributed by atoms with Crippen molar-refractivity contribution in [1.29, 1.82) is 5.26 Å². The van der Waals surface area contributed by atoms with Gasteiger partial charge in [-0.25, -0.2) is 4.79 Å². The van der Waals surface area contributed by atoms with Gasteiger partial charge in [-0.15, -0.1) is 0 Å². The minimum Gasteiger partial charge on any atom is -0.465 e. The van der Waals surface area contributed by atoms with E-state index in [1.165, 1.54) is 64.9 Å². The molecule has 0 amide bonds. The predicted octanol–water partition coefficient (Wildman–Crippen LogP) is 6.79. The highest BCUT2D eigenvalue weighted by molar-refractivity contribution is 5.91. The number of carbonyl (C=O) groups excluding carboxylic acids is 1. The van der Waals surface area contributed by atoms with Gasteiger partial charge in [-0.1, -0.05) is 6.92 Å². The smallest absolute Gasteiger partial charge is 0.338 e. The number of rotatable bonds is 9. The van der Waals surface area contributed by atoms with Gasteiger partial charge in [0.25, 0.3) is 0 Å². The van der Waals surface area contributed by atoms with Crippen LogP contribution in [-0.4, -0.2) is 38.9 Å². The average Bonchev–Trinajstić information content (AvgIpc) is 3.32. The highest BCUT2D eigenvalue weighted by Crippen LogP contribution is 2.64. The molecule has 0 radical (unpaired) electrons. The Bertz CT molecular complexity index is 1050. The van der Waals surface area contributed by atoms with Gasteiger partial charge in [0.1, 0.15) is 0 Å². The molecule has 0 aliphatic heterocycles. The Kier molecular flexibility index (Phi) is 9.04. The topological polar surface area (TPSA) is 71.3 Å². The second-order valence-corrected chi connectivity index (χ2v) is 13.5. The van der Waals surface area contributed by atoms with Crippen molar-refractivity contribution in [2.45, 2.75) is 91.0 Å². The summed E-state index contributed by atoms with van der Waals surface area (Å²) in [5.41, 5.74) is 2.49. The molecule has 5 rings (SSSR count). The van der Waals surface area contributed by atoms with Gasteiger partial charge >= 0.3 is 5.97 Å². The molecule has 4 saturated carbocycles. The normalized spacial score (nSPS) is 36.2. The first-order chi connectivity index (χ1) is 18.9. The van der Waals surface area contributed by atoms with Gasteiger partial charge in [0, 0.05) is 19.3 Å². The molecule has 5 nitrogen and oxygen atoms in total. The van der Waals surface area contributed by atoms with E-state index in [0.29, 0.717) is 28.5 Å². The van der Waals surface area contributed by atoms with Crippen LogP contribution < -0.4 is 5.32 Å². The number of hydrogen-bond acceptors (Lipinski definition) is 5. The van der Waals surface area contributed by atoms with Gasteiger partial charge < -0.3 is 14.8 Å². The van der Waals surface area contributed by atoms with Crippen LogP contribution in [0, 0.1) is 58.2 Å². The Morgan fingerprint density at radius 1 is 1.13 bits per heavy atom. The van der Waals surface area contributed by atoms with E-state index in [0.717, 1.165) is 67.3 Å². The van der Waals surface area contributed by atoms with E-state index >= 15 is 0 Å². The van der Waals surface area contributed by atoms with Crippen molar-refractivity contribution in [2.24, 2.45) is 46.8 Å². The molecule has 214 valence electrons. The number of ether oxygens (including phenoxy) is 2. The predicted molar refractivity (Wildman–Crippen MR) is 154 cm³/mol. The van der Waals surface area contributed by atoms with Crippen molar-refractivity contribution in [3.63, 3.8) is 0 Å². The molecule has 0 aromatic heterocycles. The zero-order valence-corrected chi connectivity index (χ0v) is 24.7. The summed E-state index contributed by atoms with van der Waals surface area (Å²) in [7, 11) is 1.41. The molecule has 9 atom stereocenters. The van der Waals surface area contributed by atoms with Crippen LogP contribution in [0.4, 0.5) is 0 Å². The molecule has 0 spiro atoms. The molecule has 1 aromatic rings. The number of nitrogens with zero attached hydrogens (tertiary/aromatic N) is 1. The first-order valence-electron chi connectivity index (χ1n) is 15.8. The van der Waals surface area contributed by atoms with Gasteiger partial charge in [0.2, 0.25) is 0 Å². The number of methoxy groups -OCH3 is 1. The first-order valence-corrected chi connectivity index (χ1v) is 15.8. The largest absolute Gasteiger partial charge is 0.465 e. The van der Waals surface area contributed by atoms with Gasteiger partial charge in [-0.05, 0) is 155 Å². The molecule has 1 N–H and O–H groups in total. The SMILES string of the molecule is CCOC[C@H]1CCC2[C@H](CC[C@@H]3[C@@H]2CC[C@]2(C)C([C@@H](C)NCCc4cc(C#N)ccc4C(=O)OC)CC[C@@H]32)C1. The molecule has 1 aromatic carbocycles. The summed E-state index contributed by atoms with van der Waals surface area (Å²) in [4.78, 5) is 12.3. The maximum Gasteiger partial charge on any atom is 0.338 e. The Morgan fingerprint density at radius 2 is 1.95 bits per heavy atom. The summed E-state index contributed by atoms with van der Waals surface area (Å²) in [6.45, 7) is 9.77. The van der Waals surface area contributed by atoms with Crippen molar-refractivity contribution in [2.75, 3.05) is 26.9 Å². The van der Waals surface area contributed by atoms with Crippen LogP contribution in [0.3, 0.4) is 0 Å². The third-order valence-corrected chi connectivity index (χ3v) is 11.8. The van der Waals surface area contributed by atoms with Crippen LogP contribution >= 0.6 is 0 Å². The van der Waals surface area contributed by atoms with Crippen LogP contribution in [0.15, 0.2) is 18.2 Å². The lowest BCUT2D eigenvalue weighted by Crippen LogP contribution is -2.51. The molecule has 4 aliphatic carbocycles. The Balaban J connectivity index is 1.19. The maximum absolute atomic E-state index is 12.3. The summed E-state index contributed by atoms with van der Waals surface area (Å²) < 4.78 is 10.8. The fourth-order valence-electron chi connectivity index (χ4n) is 10.0. The number of nitriles is 1. The average molecular weight is 535 g/mol. The molecule has 0 saturated heterocycles. The Morgan fingerprint density at radius 3 is 2.72 bits per heavy atom. The fourth-order valence-corrected chi connectivity index (χ4v) is 10.0. The lowest BCUT2D eigenvalue weighted by atomic mass is 9.49. The first kappa shape index (κ1) is 28.6. The quantitative estimate of drug-likeness (QED) is 0.353. The maximum atomic E-state index is 12.3. The number of benzene rings is 1. The van der Waals surface area contributed by atoms with E-state index in [1.54, 1.807) is 12.1 Å². The lowest BCUT2D eigenvalue weighted by molar-refractivity contribution is -0.0754. The van der Waals surface area contributed by atoms with Crippen molar-refractivity contribution in [3.8, 4) is 6.07 Å². The zero-order chi connectivity index (χ0) is 27.6. The van der Waals surface area contributed by atoms with Crippen LogP contribution in [0.2, 0.25) is 0 Å². The second kappa shape index (κ2) is 12.3. The molecule has 5 heteroatoms. The zero-order valence-electron chi connectivity index (χ0n) is 24.7. The molecule has 0 bridgehead atoms. The van der Waals surface area contributed by atoms with Crippen LogP contribution in [0.25, 0.3) is 0 Å². The highest BCUT2D eigenvalue weighted by atomic mass is 16.5. The minimum atomic E-state index is -0.331. The van der Waals surface area contributed by atoms with Gasteiger partial charge in [-0.3, -0.25) is 0 Å². The third-order valence-electron chi connectivity index (χ3n) is 11.8. The van der Waals surface area contributed by atoms with Crippen LogP contribution in [0.5, 0.6) is 0 Å². The monoisotopic (exact) mass is 534 g/mol. The molecule has 0 heterocycles. The third kappa shape index (κ3) is 5.66. The lowest BCUT2D eigenvalue weighted by Gasteiger charge is -2.57. The van der Waals surface area contributed by atoms with E-state index < -0.39 is 0 Å². The minimum absolute atomic E-state index is 0.331. The second-order valence-electron chi connectivity index (χ2n) is 13.5. The highest BCUT2D eigenvalue weighted by Gasteiger charge is 2.57. The van der Waals surface area contributed by atoms with Crippen LogP contribution in [-0.2, 0) is 15.9 Å². The van der Waals surface area contributed by atoms with Gasteiger partial charge in [0.15, 0.2) is 0 Å². The van der Waals surface area contributed by atoms with E-state index in [-0.39, 0.29) is 5.97 Å². The fraction of sp³-hybridized carbons (Fsp3) is 0.765. The van der Waals surface area contributed by atoms with Crippen molar-refractivity contribution < 1.29 is 14.3 Å². The summed E-state index contributed by atoms with van der Waals surface area (Å²) in [6.07, 6.45) is 13.4. The summed E-state index contributed by atoms with van der Waals surface area (Å²) >= 11 is 0. The molecule has 2 unspecified atom stereocenters. The summed E-state index contributed by atoms with van der Waals surface area (Å²) in [5.74, 6) is 5.85. The van der Waals surface area contributed by atoms with Crippen molar-refractivity contribution in [1.82, 2.24) is 5.32 Å². The molecule has 39 heavy (non-hydrogen) atoms. The van der Waals surface area contributed by atoms with Gasteiger partial charge in [-0.2, -0.15) is 5.26 Å². The Hall–Kier alpha value is -1.90. The molecule has 4 fully saturated rings. The van der Waals surface area contributed by atoms with E-state index in [1.807, 2.05) is 6.07 Å². The molecular formula is C34H50N2O3. The van der Waals surface area contributed by atoms with E-state index in [2.05, 4.69) is 32.2 Å². The number of hydrogen-bond donors (Lipinski definition) is 1. The Labute approximate surface area is 236 Å². The number of nitrogens with one attached hydrogen (secondary N) is 1. The summed E-state index contributed by atoms with van der Waals surface area (Å²) in [6, 6.07) is 7.91. The van der Waals surface area contributed by atoms with Crippen LogP contribution in [0.1, 0.15) is 100 Å². The molecular weight excluding hydrogens is 484 g/mol. The number of fused-ring (bicyclic) bond motifs is 5.